The highest BCUT2D eigenvalue weighted by Crippen LogP contribution is 2.25. The monoisotopic (exact) mass is 325 g/mol. The van der Waals surface area contributed by atoms with Crippen LogP contribution in [0, 0.1) is 0 Å². The molecule has 0 radical (unpaired) electrons. The Hall–Kier alpha value is -1.04. The third kappa shape index (κ3) is 4.46. The summed E-state index contributed by atoms with van der Waals surface area (Å²) in [4.78, 5) is 5.63. The molecule has 114 valence electrons. The number of rotatable bonds is 7. The third-order valence-corrected chi connectivity index (χ3v) is 4.73. The number of nitrogens with zero attached hydrogens (tertiary/aromatic N) is 2. The van der Waals surface area contributed by atoms with Crippen LogP contribution in [0.4, 0.5) is 0 Å². The van der Waals surface area contributed by atoms with Crippen LogP contribution in [-0.4, -0.2) is 23.2 Å². The molecule has 0 aliphatic rings. The van der Waals surface area contributed by atoms with Crippen LogP contribution in [0.25, 0.3) is 0 Å². The molecule has 0 saturated heterocycles. The second-order valence-electron chi connectivity index (χ2n) is 4.88. The minimum Gasteiger partial charge on any atom is -0.339 e. The van der Waals surface area contributed by atoms with Crippen LogP contribution in [0.3, 0.4) is 0 Å². The van der Waals surface area contributed by atoms with Gasteiger partial charge in [-0.15, -0.1) is 11.8 Å². The minimum atomic E-state index is 0.210. The van der Waals surface area contributed by atoms with E-state index < -0.39 is 0 Å². The number of benzene rings is 1. The summed E-state index contributed by atoms with van der Waals surface area (Å²) in [5, 5.41) is 8.08. The van der Waals surface area contributed by atoms with Crippen molar-refractivity contribution in [2.45, 2.75) is 42.9 Å². The molecule has 2 aromatic rings. The van der Waals surface area contributed by atoms with Crippen molar-refractivity contribution in [2.75, 3.05) is 7.05 Å². The van der Waals surface area contributed by atoms with Gasteiger partial charge in [-0.3, -0.25) is 0 Å². The molecular formula is C15H20ClN3OS. The lowest BCUT2D eigenvalue weighted by Gasteiger charge is -2.18. The van der Waals surface area contributed by atoms with Crippen molar-refractivity contribution >= 4 is 23.4 Å². The maximum absolute atomic E-state index is 5.87. The molecule has 2 rings (SSSR count). The number of thioether (sulfide) groups is 1. The lowest BCUT2D eigenvalue weighted by atomic mass is 10.00. The number of nitrogens with one attached hydrogen (secondary N) is 1. The molecule has 0 bridgehead atoms. The summed E-state index contributed by atoms with van der Waals surface area (Å²) < 4.78 is 5.38. The van der Waals surface area contributed by atoms with Gasteiger partial charge in [0.15, 0.2) is 5.82 Å². The van der Waals surface area contributed by atoms with Gasteiger partial charge in [-0.05, 0) is 37.7 Å². The normalized spacial score (nSPS) is 14.1. The Bertz CT molecular complexity index is 554. The Kier molecular flexibility index (Phi) is 6.08. The van der Waals surface area contributed by atoms with E-state index in [-0.39, 0.29) is 5.92 Å². The molecular weight excluding hydrogens is 306 g/mol. The molecule has 0 fully saturated rings. The zero-order valence-electron chi connectivity index (χ0n) is 12.5. The van der Waals surface area contributed by atoms with Gasteiger partial charge in [0.25, 0.3) is 0 Å². The first kappa shape index (κ1) is 16.3. The molecule has 1 aromatic carbocycles. The van der Waals surface area contributed by atoms with Crippen molar-refractivity contribution in [3.63, 3.8) is 0 Å². The van der Waals surface area contributed by atoms with Gasteiger partial charge >= 0.3 is 0 Å². The highest BCUT2D eigenvalue weighted by molar-refractivity contribution is 7.98. The van der Waals surface area contributed by atoms with E-state index in [4.69, 9.17) is 16.1 Å². The minimum absolute atomic E-state index is 0.210. The molecule has 4 nitrogen and oxygen atoms in total. The molecule has 1 N–H and O–H groups in total. The zero-order chi connectivity index (χ0) is 15.2. The molecule has 0 amide bonds. The van der Waals surface area contributed by atoms with E-state index in [1.807, 2.05) is 31.3 Å². The van der Waals surface area contributed by atoms with Gasteiger partial charge in [-0.25, -0.2) is 0 Å². The average molecular weight is 326 g/mol. The number of hydrogen-bond donors (Lipinski definition) is 1. The summed E-state index contributed by atoms with van der Waals surface area (Å²) in [6, 6.07) is 8.09. The number of halogens is 1. The molecule has 21 heavy (non-hydrogen) atoms. The fourth-order valence-electron chi connectivity index (χ4n) is 2.17. The van der Waals surface area contributed by atoms with E-state index >= 15 is 0 Å². The predicted molar refractivity (Wildman–Crippen MR) is 86.9 cm³/mol. The first-order valence-corrected chi connectivity index (χ1v) is 8.38. The summed E-state index contributed by atoms with van der Waals surface area (Å²) in [5.41, 5.74) is 0. The Labute approximate surface area is 134 Å². The molecule has 1 aromatic heterocycles. The summed E-state index contributed by atoms with van der Waals surface area (Å²) in [6.07, 6.45) is 1.02. The van der Waals surface area contributed by atoms with Gasteiger partial charge in [0.1, 0.15) is 0 Å². The van der Waals surface area contributed by atoms with Gasteiger partial charge in [0, 0.05) is 16.0 Å². The van der Waals surface area contributed by atoms with Gasteiger partial charge in [0.2, 0.25) is 5.89 Å². The van der Waals surface area contributed by atoms with E-state index in [1.165, 1.54) is 0 Å². The molecule has 6 heteroatoms. The Morgan fingerprint density at radius 3 is 2.67 bits per heavy atom. The molecule has 1 heterocycles. The number of aromatic nitrogens is 2. The van der Waals surface area contributed by atoms with Crippen molar-refractivity contribution in [3.8, 4) is 0 Å². The standard InChI is InChI=1S/C15H20ClN3OS/c1-4-13(17-3)10(2)15-18-14(19-20-15)9-21-12-7-5-11(16)6-8-12/h5-8,10,13,17H,4,9H2,1-3H3. The highest BCUT2D eigenvalue weighted by atomic mass is 35.5. The third-order valence-electron chi connectivity index (χ3n) is 3.47. The second kappa shape index (κ2) is 7.82. The van der Waals surface area contributed by atoms with E-state index in [0.29, 0.717) is 17.7 Å². The van der Waals surface area contributed by atoms with Crippen molar-refractivity contribution in [1.82, 2.24) is 15.5 Å². The van der Waals surface area contributed by atoms with Crippen molar-refractivity contribution in [2.24, 2.45) is 0 Å². The maximum Gasteiger partial charge on any atom is 0.231 e. The zero-order valence-corrected chi connectivity index (χ0v) is 14.0. The molecule has 2 unspecified atom stereocenters. The summed E-state index contributed by atoms with van der Waals surface area (Å²) in [5.74, 6) is 2.32. The predicted octanol–water partition coefficient (Wildman–Crippen LogP) is 4.12. The average Bonchev–Trinajstić information content (AvgIpc) is 2.97. The molecule has 2 atom stereocenters. The van der Waals surface area contributed by atoms with Crippen molar-refractivity contribution < 1.29 is 4.52 Å². The fraction of sp³-hybridized carbons (Fsp3) is 0.467. The highest BCUT2D eigenvalue weighted by Gasteiger charge is 2.21. The summed E-state index contributed by atoms with van der Waals surface area (Å²) in [6.45, 7) is 4.25. The number of likely N-dealkylation sites (N-methyl/N-ethyl adjacent to an activating group) is 1. The Balaban J connectivity index is 1.95. The van der Waals surface area contributed by atoms with E-state index in [1.54, 1.807) is 11.8 Å². The molecule has 0 spiro atoms. The van der Waals surface area contributed by atoms with Crippen LogP contribution in [0.2, 0.25) is 5.02 Å². The van der Waals surface area contributed by atoms with Crippen LogP contribution in [0.5, 0.6) is 0 Å². The van der Waals surface area contributed by atoms with Crippen molar-refractivity contribution in [1.29, 1.82) is 0 Å². The topological polar surface area (TPSA) is 51.0 Å². The SMILES string of the molecule is CCC(NC)C(C)c1nc(CSc2ccc(Cl)cc2)no1. The van der Waals surface area contributed by atoms with Crippen LogP contribution < -0.4 is 5.32 Å². The van der Waals surface area contributed by atoms with Crippen LogP contribution in [0.15, 0.2) is 33.7 Å². The van der Waals surface area contributed by atoms with Gasteiger partial charge in [-0.2, -0.15) is 4.98 Å². The van der Waals surface area contributed by atoms with E-state index in [0.717, 1.165) is 22.2 Å². The summed E-state index contributed by atoms with van der Waals surface area (Å²) in [7, 11) is 1.96. The van der Waals surface area contributed by atoms with Crippen molar-refractivity contribution in [3.05, 3.63) is 41.0 Å². The van der Waals surface area contributed by atoms with Crippen LogP contribution >= 0.6 is 23.4 Å². The Morgan fingerprint density at radius 1 is 1.33 bits per heavy atom. The Morgan fingerprint density at radius 2 is 2.05 bits per heavy atom. The molecule has 0 aliphatic heterocycles. The largest absolute Gasteiger partial charge is 0.339 e. The van der Waals surface area contributed by atoms with Gasteiger partial charge < -0.3 is 9.84 Å². The number of hydrogen-bond acceptors (Lipinski definition) is 5. The molecule has 0 aliphatic carbocycles. The smallest absolute Gasteiger partial charge is 0.231 e. The van der Waals surface area contributed by atoms with E-state index in [2.05, 4.69) is 29.3 Å². The lowest BCUT2D eigenvalue weighted by molar-refractivity contribution is 0.324. The van der Waals surface area contributed by atoms with Crippen LogP contribution in [-0.2, 0) is 5.75 Å². The van der Waals surface area contributed by atoms with Gasteiger partial charge in [0.05, 0.1) is 11.7 Å². The first-order chi connectivity index (χ1) is 10.1. The maximum atomic E-state index is 5.87. The van der Waals surface area contributed by atoms with Crippen LogP contribution in [0.1, 0.15) is 37.9 Å². The van der Waals surface area contributed by atoms with Gasteiger partial charge in [-0.1, -0.05) is 30.6 Å². The van der Waals surface area contributed by atoms with E-state index in [9.17, 15) is 0 Å². The quantitative estimate of drug-likeness (QED) is 0.776. The second-order valence-corrected chi connectivity index (χ2v) is 6.37. The molecule has 0 saturated carbocycles. The first-order valence-electron chi connectivity index (χ1n) is 7.02. The summed E-state index contributed by atoms with van der Waals surface area (Å²) >= 11 is 7.54. The lowest BCUT2D eigenvalue weighted by Crippen LogP contribution is -2.30. The fourth-order valence-corrected chi connectivity index (χ4v) is 3.04.